The number of carbonyl (C=O) groups is 1. The molecule has 0 spiro atoms. The van der Waals surface area contributed by atoms with Crippen LogP contribution in [0.1, 0.15) is 5.56 Å². The molecular formula is C13H10ClFN2O. The van der Waals surface area contributed by atoms with Crippen molar-refractivity contribution in [1.82, 2.24) is 4.98 Å². The molecule has 1 N–H and O–H groups in total. The fourth-order valence-electron chi connectivity index (χ4n) is 1.50. The largest absolute Gasteiger partial charge is 0.310 e. The number of hydrogen-bond acceptors (Lipinski definition) is 2. The molecule has 0 aliphatic rings. The summed E-state index contributed by atoms with van der Waals surface area (Å²) in [6.45, 7) is 0. The Labute approximate surface area is 109 Å². The van der Waals surface area contributed by atoms with E-state index in [0.717, 1.165) is 0 Å². The van der Waals surface area contributed by atoms with Gasteiger partial charge >= 0.3 is 0 Å². The Bertz CT molecular complexity index is 525. The average Bonchev–Trinajstić information content (AvgIpc) is 2.28. The van der Waals surface area contributed by atoms with Crippen molar-refractivity contribution >= 4 is 23.3 Å². The van der Waals surface area contributed by atoms with Gasteiger partial charge in [-0.3, -0.25) is 4.79 Å². The normalized spacial score (nSPS) is 10.1. The average molecular weight is 265 g/mol. The van der Waals surface area contributed by atoms with Crippen LogP contribution in [0.15, 0.2) is 42.5 Å². The second-order valence-electron chi connectivity index (χ2n) is 3.70. The lowest BCUT2D eigenvalue weighted by Crippen LogP contribution is -2.15. The van der Waals surface area contributed by atoms with Gasteiger partial charge < -0.3 is 5.32 Å². The Morgan fingerprint density at radius 2 is 2.06 bits per heavy atom. The molecule has 0 saturated heterocycles. The van der Waals surface area contributed by atoms with Gasteiger partial charge in [-0.1, -0.05) is 29.8 Å². The van der Waals surface area contributed by atoms with E-state index in [1.54, 1.807) is 30.3 Å². The molecule has 0 fully saturated rings. The Morgan fingerprint density at radius 1 is 1.28 bits per heavy atom. The maximum absolute atomic E-state index is 12.9. The summed E-state index contributed by atoms with van der Waals surface area (Å²) in [4.78, 5) is 15.6. The van der Waals surface area contributed by atoms with Gasteiger partial charge in [0.05, 0.1) is 6.42 Å². The molecule has 1 amide bonds. The molecule has 2 aromatic rings. The fourth-order valence-corrected chi connectivity index (χ4v) is 1.66. The third-order valence-corrected chi connectivity index (χ3v) is 2.45. The molecule has 18 heavy (non-hydrogen) atoms. The molecule has 0 radical (unpaired) electrons. The molecule has 0 aliphatic heterocycles. The van der Waals surface area contributed by atoms with Crippen LogP contribution in [0.25, 0.3) is 0 Å². The smallest absolute Gasteiger partial charge is 0.229 e. The lowest BCUT2D eigenvalue weighted by atomic mass is 10.1. The van der Waals surface area contributed by atoms with Crippen LogP contribution in [0.4, 0.5) is 10.2 Å². The number of hydrogen-bond donors (Lipinski definition) is 1. The zero-order chi connectivity index (χ0) is 13.0. The van der Waals surface area contributed by atoms with Gasteiger partial charge in [-0.25, -0.2) is 9.37 Å². The quantitative estimate of drug-likeness (QED) is 0.866. The minimum atomic E-state index is -0.360. The van der Waals surface area contributed by atoms with Crippen LogP contribution >= 0.6 is 11.6 Å². The topological polar surface area (TPSA) is 42.0 Å². The number of aromatic nitrogens is 1. The lowest BCUT2D eigenvalue weighted by Gasteiger charge is -2.04. The molecular weight excluding hydrogens is 255 g/mol. The van der Waals surface area contributed by atoms with Crippen LogP contribution in [-0.4, -0.2) is 10.9 Å². The van der Waals surface area contributed by atoms with Gasteiger partial charge in [0.2, 0.25) is 5.91 Å². The first kappa shape index (κ1) is 12.5. The summed E-state index contributed by atoms with van der Waals surface area (Å²) in [7, 11) is 0. The highest BCUT2D eigenvalue weighted by Gasteiger charge is 2.05. The van der Waals surface area contributed by atoms with E-state index in [0.29, 0.717) is 16.5 Å². The first-order chi connectivity index (χ1) is 8.63. The zero-order valence-corrected chi connectivity index (χ0v) is 10.1. The molecule has 1 heterocycles. The van der Waals surface area contributed by atoms with Crippen molar-refractivity contribution < 1.29 is 9.18 Å². The van der Waals surface area contributed by atoms with Gasteiger partial charge in [-0.15, -0.1) is 0 Å². The predicted octanol–water partition coefficient (Wildman–Crippen LogP) is 3.06. The molecule has 1 aromatic carbocycles. The number of carbonyl (C=O) groups excluding carboxylic acids is 1. The Kier molecular flexibility index (Phi) is 3.89. The first-order valence-electron chi connectivity index (χ1n) is 5.30. The van der Waals surface area contributed by atoms with Crippen molar-refractivity contribution in [3.05, 3.63) is 59.0 Å². The molecule has 0 saturated carbocycles. The maximum atomic E-state index is 12.9. The lowest BCUT2D eigenvalue weighted by molar-refractivity contribution is -0.115. The second-order valence-corrected chi connectivity index (χ2v) is 4.09. The summed E-state index contributed by atoms with van der Waals surface area (Å²) in [5, 5.41) is 2.90. The number of benzene rings is 1. The zero-order valence-electron chi connectivity index (χ0n) is 9.36. The molecule has 0 atom stereocenters. The molecule has 2 rings (SSSR count). The van der Waals surface area contributed by atoms with Gasteiger partial charge in [0.15, 0.2) is 0 Å². The molecule has 0 bridgehead atoms. The third-order valence-electron chi connectivity index (χ3n) is 2.24. The van der Waals surface area contributed by atoms with Gasteiger partial charge in [0, 0.05) is 0 Å². The number of anilines is 1. The highest BCUT2D eigenvalue weighted by Crippen LogP contribution is 2.10. The van der Waals surface area contributed by atoms with Crippen molar-refractivity contribution in [2.24, 2.45) is 0 Å². The third kappa shape index (κ3) is 3.53. The number of amides is 1. The van der Waals surface area contributed by atoms with Crippen molar-refractivity contribution in [3.8, 4) is 0 Å². The fraction of sp³-hybridized carbons (Fsp3) is 0.0769. The summed E-state index contributed by atoms with van der Waals surface area (Å²) in [6.07, 6.45) is 0.0892. The van der Waals surface area contributed by atoms with E-state index in [1.165, 1.54) is 12.1 Å². The summed E-state index contributed by atoms with van der Waals surface area (Å²) < 4.78 is 12.9. The van der Waals surface area contributed by atoms with Crippen LogP contribution in [0.3, 0.4) is 0 Å². The van der Waals surface area contributed by atoms with Crippen molar-refractivity contribution in [1.29, 1.82) is 0 Å². The van der Waals surface area contributed by atoms with E-state index in [9.17, 15) is 9.18 Å². The molecule has 1 aromatic heterocycles. The number of halogens is 2. The summed E-state index contributed by atoms with van der Waals surface area (Å²) >= 11 is 5.70. The molecule has 3 nitrogen and oxygen atoms in total. The van der Waals surface area contributed by atoms with E-state index < -0.39 is 0 Å². The van der Waals surface area contributed by atoms with E-state index >= 15 is 0 Å². The SMILES string of the molecule is O=C(Cc1cccc(F)c1)Nc1cccc(Cl)n1. The number of rotatable bonds is 3. The van der Waals surface area contributed by atoms with Crippen molar-refractivity contribution in [2.75, 3.05) is 5.32 Å². The van der Waals surface area contributed by atoms with Gasteiger partial charge in [0.25, 0.3) is 0 Å². The van der Waals surface area contributed by atoms with Gasteiger partial charge in [-0.05, 0) is 29.8 Å². The predicted molar refractivity (Wildman–Crippen MR) is 68.0 cm³/mol. The highest BCUT2D eigenvalue weighted by atomic mass is 35.5. The number of nitrogens with one attached hydrogen (secondary N) is 1. The van der Waals surface area contributed by atoms with Crippen molar-refractivity contribution in [3.63, 3.8) is 0 Å². The first-order valence-corrected chi connectivity index (χ1v) is 5.68. The number of nitrogens with zero attached hydrogens (tertiary/aromatic N) is 1. The summed E-state index contributed by atoms with van der Waals surface area (Å²) in [5.74, 6) is -0.250. The van der Waals surface area contributed by atoms with Gasteiger partial charge in [0.1, 0.15) is 16.8 Å². The minimum absolute atomic E-state index is 0.0892. The summed E-state index contributed by atoms with van der Waals surface area (Å²) in [5.41, 5.74) is 0.606. The van der Waals surface area contributed by atoms with Crippen LogP contribution < -0.4 is 5.32 Å². The molecule has 92 valence electrons. The molecule has 5 heteroatoms. The Morgan fingerprint density at radius 3 is 2.78 bits per heavy atom. The highest BCUT2D eigenvalue weighted by molar-refractivity contribution is 6.29. The second kappa shape index (κ2) is 5.60. The van der Waals surface area contributed by atoms with Crippen LogP contribution in [0, 0.1) is 5.82 Å². The number of pyridine rings is 1. The maximum Gasteiger partial charge on any atom is 0.229 e. The summed E-state index contributed by atoms with van der Waals surface area (Å²) in [6, 6.07) is 10.8. The van der Waals surface area contributed by atoms with Crippen molar-refractivity contribution in [2.45, 2.75) is 6.42 Å². The molecule has 0 aliphatic carbocycles. The van der Waals surface area contributed by atoms with E-state index in [2.05, 4.69) is 10.3 Å². The van der Waals surface area contributed by atoms with Crippen LogP contribution in [0.2, 0.25) is 5.15 Å². The van der Waals surface area contributed by atoms with E-state index in [4.69, 9.17) is 11.6 Å². The minimum Gasteiger partial charge on any atom is -0.310 e. The van der Waals surface area contributed by atoms with Crippen LogP contribution in [0.5, 0.6) is 0 Å². The van der Waals surface area contributed by atoms with Crippen LogP contribution in [-0.2, 0) is 11.2 Å². The van der Waals surface area contributed by atoms with E-state index in [1.807, 2.05) is 0 Å². The van der Waals surface area contributed by atoms with E-state index in [-0.39, 0.29) is 18.1 Å². The Balaban J connectivity index is 2.01. The Hall–Kier alpha value is -1.94. The standard InChI is InChI=1S/C13H10ClFN2O/c14-11-5-2-6-12(16-11)17-13(18)8-9-3-1-4-10(15)7-9/h1-7H,8H2,(H,16,17,18). The molecule has 0 unspecified atom stereocenters. The monoisotopic (exact) mass is 264 g/mol. The van der Waals surface area contributed by atoms with Gasteiger partial charge in [-0.2, -0.15) is 0 Å².